The number of hydrogen-bond donors (Lipinski definition) is 1. The predicted molar refractivity (Wildman–Crippen MR) is 58.8 cm³/mol. The first-order chi connectivity index (χ1) is 7.00. The van der Waals surface area contributed by atoms with Crippen LogP contribution < -0.4 is 5.73 Å². The Balaban J connectivity index is 3.12. The number of nitrogens with two attached hydrogens (primary N) is 1. The summed E-state index contributed by atoms with van der Waals surface area (Å²) in [5.41, 5.74) is 5.75. The molecular weight excluding hydrogens is 214 g/mol. The average molecular weight is 229 g/mol. The van der Waals surface area contributed by atoms with Crippen LogP contribution in [0.15, 0.2) is 23.4 Å². The third-order valence-corrected chi connectivity index (χ3v) is 3.83. The normalized spacial score (nSPS) is 11.9. The summed E-state index contributed by atoms with van der Waals surface area (Å²) in [5.74, 6) is 0. The van der Waals surface area contributed by atoms with Crippen LogP contribution in [0, 0.1) is 0 Å². The summed E-state index contributed by atoms with van der Waals surface area (Å²) in [6.45, 7) is 2.37. The van der Waals surface area contributed by atoms with Crippen molar-refractivity contribution in [3.8, 4) is 0 Å². The lowest BCUT2D eigenvalue weighted by Gasteiger charge is -2.16. The molecule has 0 atom stereocenters. The third kappa shape index (κ3) is 2.45. The molecule has 6 heteroatoms. The fourth-order valence-corrected chi connectivity index (χ4v) is 2.48. The quantitative estimate of drug-likeness (QED) is 0.824. The van der Waals surface area contributed by atoms with E-state index in [1.165, 1.54) is 23.6 Å². The Hall–Kier alpha value is -1.14. The second-order valence-electron chi connectivity index (χ2n) is 3.22. The van der Waals surface area contributed by atoms with Crippen molar-refractivity contribution in [2.45, 2.75) is 18.4 Å². The van der Waals surface area contributed by atoms with Crippen LogP contribution in [0.1, 0.15) is 13.3 Å². The molecule has 0 bridgehead atoms. The minimum atomic E-state index is -3.53. The molecule has 2 N–H and O–H groups in total. The summed E-state index contributed by atoms with van der Waals surface area (Å²) in [6, 6.07) is 3.13. The van der Waals surface area contributed by atoms with Crippen LogP contribution >= 0.6 is 0 Å². The van der Waals surface area contributed by atoms with Crippen LogP contribution in [0.5, 0.6) is 0 Å². The first-order valence-corrected chi connectivity index (χ1v) is 6.11. The molecule has 0 aromatic carbocycles. The Bertz CT molecular complexity index is 431. The zero-order valence-corrected chi connectivity index (χ0v) is 9.66. The SMILES string of the molecule is CCCN(C)S(=O)(=O)c1ncccc1N. The topological polar surface area (TPSA) is 76.3 Å². The molecule has 5 nitrogen and oxygen atoms in total. The van der Waals surface area contributed by atoms with Crippen LogP contribution in [0.3, 0.4) is 0 Å². The van der Waals surface area contributed by atoms with Gasteiger partial charge in [-0.2, -0.15) is 4.31 Å². The molecule has 0 unspecified atom stereocenters. The molecule has 0 aliphatic rings. The Morgan fingerprint density at radius 2 is 2.20 bits per heavy atom. The van der Waals surface area contributed by atoms with Gasteiger partial charge in [-0.05, 0) is 18.6 Å². The molecule has 0 spiro atoms. The zero-order valence-electron chi connectivity index (χ0n) is 8.84. The molecule has 0 saturated carbocycles. The van der Waals surface area contributed by atoms with Gasteiger partial charge in [-0.15, -0.1) is 0 Å². The van der Waals surface area contributed by atoms with Crippen molar-refractivity contribution in [2.24, 2.45) is 0 Å². The number of aromatic nitrogens is 1. The van der Waals surface area contributed by atoms with Crippen molar-refractivity contribution in [1.29, 1.82) is 0 Å². The van der Waals surface area contributed by atoms with Crippen molar-refractivity contribution in [3.05, 3.63) is 18.3 Å². The molecule has 0 saturated heterocycles. The molecule has 0 aliphatic carbocycles. The van der Waals surface area contributed by atoms with E-state index in [-0.39, 0.29) is 10.7 Å². The summed E-state index contributed by atoms with van der Waals surface area (Å²) >= 11 is 0. The highest BCUT2D eigenvalue weighted by Gasteiger charge is 2.23. The van der Waals surface area contributed by atoms with Crippen molar-refractivity contribution in [2.75, 3.05) is 19.3 Å². The highest BCUT2D eigenvalue weighted by molar-refractivity contribution is 7.89. The maximum Gasteiger partial charge on any atom is 0.262 e. The number of nitrogen functional groups attached to an aromatic ring is 1. The van der Waals surface area contributed by atoms with E-state index in [0.29, 0.717) is 6.54 Å². The average Bonchev–Trinajstić information content (AvgIpc) is 2.18. The Kier molecular flexibility index (Phi) is 3.65. The summed E-state index contributed by atoms with van der Waals surface area (Å²) < 4.78 is 25.1. The van der Waals surface area contributed by atoms with Gasteiger partial charge < -0.3 is 5.73 Å². The van der Waals surface area contributed by atoms with Crippen molar-refractivity contribution in [1.82, 2.24) is 9.29 Å². The van der Waals surface area contributed by atoms with Gasteiger partial charge in [0.25, 0.3) is 10.0 Å². The van der Waals surface area contributed by atoms with E-state index in [2.05, 4.69) is 4.98 Å². The standard InChI is InChI=1S/C9H15N3O2S/c1-3-7-12(2)15(13,14)9-8(10)5-4-6-11-9/h4-6H,3,7,10H2,1-2H3. The van der Waals surface area contributed by atoms with Crippen LogP contribution in [0.25, 0.3) is 0 Å². The molecular formula is C9H15N3O2S. The molecule has 0 aliphatic heterocycles. The molecule has 1 aromatic rings. The molecule has 1 aromatic heterocycles. The van der Waals surface area contributed by atoms with E-state index in [1.807, 2.05) is 6.92 Å². The first kappa shape index (κ1) is 11.9. The molecule has 0 amide bonds. The molecule has 1 rings (SSSR count). The molecule has 1 heterocycles. The summed E-state index contributed by atoms with van der Waals surface area (Å²) in [4.78, 5) is 3.80. The third-order valence-electron chi connectivity index (χ3n) is 1.99. The first-order valence-electron chi connectivity index (χ1n) is 4.67. The number of rotatable bonds is 4. The largest absolute Gasteiger partial charge is 0.396 e. The van der Waals surface area contributed by atoms with E-state index in [1.54, 1.807) is 6.07 Å². The van der Waals surface area contributed by atoms with Crippen LogP contribution in [-0.4, -0.2) is 31.3 Å². The second-order valence-corrected chi connectivity index (χ2v) is 5.18. The van der Waals surface area contributed by atoms with Gasteiger partial charge >= 0.3 is 0 Å². The number of hydrogen-bond acceptors (Lipinski definition) is 4. The summed E-state index contributed by atoms with van der Waals surface area (Å²) in [7, 11) is -2.01. The van der Waals surface area contributed by atoms with E-state index in [4.69, 9.17) is 5.73 Å². The van der Waals surface area contributed by atoms with Crippen LogP contribution in [0.4, 0.5) is 5.69 Å². The number of nitrogens with zero attached hydrogens (tertiary/aromatic N) is 2. The smallest absolute Gasteiger partial charge is 0.262 e. The maximum absolute atomic E-state index is 11.9. The predicted octanol–water partition coefficient (Wildman–Crippen LogP) is 0.694. The Labute approximate surface area is 90.0 Å². The van der Waals surface area contributed by atoms with Crippen LogP contribution in [0.2, 0.25) is 0 Å². The van der Waals surface area contributed by atoms with Gasteiger partial charge in [0.05, 0.1) is 5.69 Å². The van der Waals surface area contributed by atoms with Crippen LogP contribution in [-0.2, 0) is 10.0 Å². The van der Waals surface area contributed by atoms with Gasteiger partial charge in [0.2, 0.25) is 0 Å². The molecule has 15 heavy (non-hydrogen) atoms. The fraction of sp³-hybridized carbons (Fsp3) is 0.444. The van der Waals surface area contributed by atoms with Gasteiger partial charge in [-0.25, -0.2) is 13.4 Å². The van der Waals surface area contributed by atoms with Gasteiger partial charge in [0.15, 0.2) is 5.03 Å². The minimum absolute atomic E-state index is 0.0686. The zero-order chi connectivity index (χ0) is 11.5. The molecule has 0 fully saturated rings. The van der Waals surface area contributed by atoms with Crippen molar-refractivity contribution >= 4 is 15.7 Å². The Morgan fingerprint density at radius 3 is 2.73 bits per heavy atom. The number of anilines is 1. The number of sulfonamides is 1. The van der Waals surface area contributed by atoms with Crippen molar-refractivity contribution in [3.63, 3.8) is 0 Å². The maximum atomic E-state index is 11.9. The highest BCUT2D eigenvalue weighted by atomic mass is 32.2. The lowest BCUT2D eigenvalue weighted by molar-refractivity contribution is 0.466. The minimum Gasteiger partial charge on any atom is -0.396 e. The van der Waals surface area contributed by atoms with E-state index in [9.17, 15) is 8.42 Å². The summed E-state index contributed by atoms with van der Waals surface area (Å²) in [5, 5.41) is -0.0686. The lowest BCUT2D eigenvalue weighted by atomic mass is 10.4. The number of pyridine rings is 1. The lowest BCUT2D eigenvalue weighted by Crippen LogP contribution is -2.29. The second kappa shape index (κ2) is 4.59. The van der Waals surface area contributed by atoms with Gasteiger partial charge in [0.1, 0.15) is 0 Å². The van der Waals surface area contributed by atoms with E-state index in [0.717, 1.165) is 6.42 Å². The Morgan fingerprint density at radius 1 is 1.53 bits per heavy atom. The van der Waals surface area contributed by atoms with E-state index >= 15 is 0 Å². The van der Waals surface area contributed by atoms with Gasteiger partial charge in [-0.1, -0.05) is 6.92 Å². The molecule has 0 radical (unpaired) electrons. The van der Waals surface area contributed by atoms with Gasteiger partial charge in [-0.3, -0.25) is 0 Å². The molecule has 84 valence electrons. The fourth-order valence-electron chi connectivity index (χ4n) is 1.20. The van der Waals surface area contributed by atoms with Gasteiger partial charge in [0, 0.05) is 19.8 Å². The summed E-state index contributed by atoms with van der Waals surface area (Å²) in [6.07, 6.45) is 2.17. The van der Waals surface area contributed by atoms with Crippen molar-refractivity contribution < 1.29 is 8.42 Å². The van der Waals surface area contributed by atoms with E-state index < -0.39 is 10.0 Å². The highest BCUT2D eigenvalue weighted by Crippen LogP contribution is 2.17. The monoisotopic (exact) mass is 229 g/mol.